The molecule has 1 heterocycles. The minimum absolute atomic E-state index is 0.183. The highest BCUT2D eigenvalue weighted by Gasteiger charge is 2.37. The number of amides is 1. The highest BCUT2D eigenvalue weighted by Crippen LogP contribution is 2.44. The minimum atomic E-state index is -1.03. The quantitative estimate of drug-likeness (QED) is 0.538. The lowest BCUT2D eigenvalue weighted by Gasteiger charge is -2.37. The molecule has 36 heavy (non-hydrogen) atoms. The first-order valence-corrected chi connectivity index (χ1v) is 11.8. The van der Waals surface area contributed by atoms with Gasteiger partial charge in [-0.2, -0.15) is 0 Å². The van der Waals surface area contributed by atoms with Crippen molar-refractivity contribution in [3.63, 3.8) is 0 Å². The predicted octanol–water partition coefficient (Wildman–Crippen LogP) is 4.56. The van der Waals surface area contributed by atoms with Crippen LogP contribution in [0.2, 0.25) is 0 Å². The van der Waals surface area contributed by atoms with E-state index < -0.39 is 23.8 Å². The SMILES string of the molecule is CC(C)(C)OC(=O)NCCCOC1=CC2OC3=CC(=O)C=CC3=C(c3ccccc3C(=O)O)C2C=C1. The summed E-state index contributed by atoms with van der Waals surface area (Å²) in [5, 5.41) is 12.5. The molecule has 3 aliphatic rings. The summed E-state index contributed by atoms with van der Waals surface area (Å²) in [5.74, 6) is -0.478. The molecule has 0 spiro atoms. The minimum Gasteiger partial charge on any atom is -0.494 e. The number of aromatic carboxylic acids is 1. The number of hydrogen-bond donors (Lipinski definition) is 2. The maximum absolute atomic E-state index is 12.0. The van der Waals surface area contributed by atoms with Crippen molar-refractivity contribution >= 4 is 23.4 Å². The predicted molar refractivity (Wildman–Crippen MR) is 133 cm³/mol. The van der Waals surface area contributed by atoms with Gasteiger partial charge in [0, 0.05) is 24.1 Å². The van der Waals surface area contributed by atoms with E-state index >= 15 is 0 Å². The van der Waals surface area contributed by atoms with Gasteiger partial charge in [-0.1, -0.05) is 24.3 Å². The number of carboxylic acids is 1. The third-order valence-corrected chi connectivity index (χ3v) is 5.70. The van der Waals surface area contributed by atoms with Crippen LogP contribution in [0.15, 0.2) is 77.8 Å². The van der Waals surface area contributed by atoms with Crippen molar-refractivity contribution in [2.24, 2.45) is 5.92 Å². The zero-order valence-corrected chi connectivity index (χ0v) is 20.4. The monoisotopic (exact) mass is 491 g/mol. The fourth-order valence-electron chi connectivity index (χ4n) is 4.24. The molecular formula is C28H29NO7. The van der Waals surface area contributed by atoms with Crippen molar-refractivity contribution in [2.45, 2.75) is 38.9 Å². The van der Waals surface area contributed by atoms with Crippen LogP contribution in [0, 0.1) is 5.92 Å². The highest BCUT2D eigenvalue weighted by molar-refractivity contribution is 6.04. The lowest BCUT2D eigenvalue weighted by Crippen LogP contribution is -2.33. The normalized spacial score (nSPS) is 20.5. The van der Waals surface area contributed by atoms with Crippen molar-refractivity contribution in [1.82, 2.24) is 5.32 Å². The average molecular weight is 492 g/mol. The van der Waals surface area contributed by atoms with Gasteiger partial charge in [0.1, 0.15) is 23.2 Å². The smallest absolute Gasteiger partial charge is 0.407 e. The number of hydrogen-bond acceptors (Lipinski definition) is 6. The molecule has 2 aliphatic carbocycles. The Morgan fingerprint density at radius 2 is 1.92 bits per heavy atom. The van der Waals surface area contributed by atoms with Gasteiger partial charge in [-0.15, -0.1) is 0 Å². The molecule has 8 nitrogen and oxygen atoms in total. The van der Waals surface area contributed by atoms with Crippen LogP contribution in [-0.4, -0.2) is 47.8 Å². The van der Waals surface area contributed by atoms with Gasteiger partial charge < -0.3 is 24.6 Å². The molecule has 2 atom stereocenters. The van der Waals surface area contributed by atoms with Crippen molar-refractivity contribution in [2.75, 3.05) is 13.2 Å². The van der Waals surface area contributed by atoms with Crippen LogP contribution >= 0.6 is 0 Å². The summed E-state index contributed by atoms with van der Waals surface area (Å²) in [5.41, 5.74) is 1.69. The second-order valence-electron chi connectivity index (χ2n) is 9.59. The van der Waals surface area contributed by atoms with Crippen LogP contribution in [0.5, 0.6) is 0 Å². The van der Waals surface area contributed by atoms with E-state index in [4.69, 9.17) is 14.2 Å². The molecule has 0 aromatic heterocycles. The third kappa shape index (κ3) is 5.76. The van der Waals surface area contributed by atoms with Crippen LogP contribution in [0.1, 0.15) is 43.1 Å². The topological polar surface area (TPSA) is 111 Å². The molecule has 0 saturated heterocycles. The summed E-state index contributed by atoms with van der Waals surface area (Å²) in [4.78, 5) is 35.7. The molecule has 2 N–H and O–H groups in total. The Bertz CT molecular complexity index is 1230. The van der Waals surface area contributed by atoms with E-state index in [0.29, 0.717) is 42.2 Å². The van der Waals surface area contributed by atoms with Gasteiger partial charge in [-0.05, 0) is 68.7 Å². The molecule has 2 unspecified atom stereocenters. The summed E-state index contributed by atoms with van der Waals surface area (Å²) in [6.45, 7) is 6.17. The second-order valence-corrected chi connectivity index (χ2v) is 9.59. The zero-order valence-electron chi connectivity index (χ0n) is 20.4. The number of ether oxygens (including phenoxy) is 3. The molecule has 1 aromatic rings. The average Bonchev–Trinajstić information content (AvgIpc) is 2.81. The highest BCUT2D eigenvalue weighted by atomic mass is 16.6. The van der Waals surface area contributed by atoms with Gasteiger partial charge in [0.2, 0.25) is 0 Å². The number of carbonyl (C=O) groups is 3. The fourth-order valence-corrected chi connectivity index (χ4v) is 4.24. The molecule has 0 saturated carbocycles. The first-order valence-electron chi connectivity index (χ1n) is 11.8. The Hall–Kier alpha value is -4.07. The second kappa shape index (κ2) is 10.3. The van der Waals surface area contributed by atoms with Crippen LogP contribution in [0.4, 0.5) is 4.79 Å². The number of ketones is 1. The van der Waals surface area contributed by atoms with Crippen molar-refractivity contribution in [3.8, 4) is 0 Å². The van der Waals surface area contributed by atoms with E-state index in [-0.39, 0.29) is 17.3 Å². The van der Waals surface area contributed by atoms with E-state index in [9.17, 15) is 19.5 Å². The first-order chi connectivity index (χ1) is 17.1. The molecule has 8 heteroatoms. The van der Waals surface area contributed by atoms with E-state index in [1.165, 1.54) is 12.2 Å². The molecule has 1 amide bonds. The number of nitrogens with one attached hydrogen (secondary N) is 1. The number of allylic oxidation sites excluding steroid dienone is 4. The Morgan fingerprint density at radius 1 is 1.14 bits per heavy atom. The Balaban J connectivity index is 1.49. The summed E-state index contributed by atoms with van der Waals surface area (Å²) in [7, 11) is 0. The van der Waals surface area contributed by atoms with E-state index in [1.807, 2.05) is 18.2 Å². The molecule has 0 bridgehead atoms. The van der Waals surface area contributed by atoms with Crippen LogP contribution in [-0.2, 0) is 19.0 Å². The Morgan fingerprint density at radius 3 is 2.67 bits per heavy atom. The Kier molecular flexibility index (Phi) is 7.15. The molecule has 1 aromatic carbocycles. The maximum Gasteiger partial charge on any atom is 0.407 e. The number of alkyl carbamates (subject to hydrolysis) is 1. The van der Waals surface area contributed by atoms with Gasteiger partial charge >= 0.3 is 12.1 Å². The van der Waals surface area contributed by atoms with Gasteiger partial charge in [-0.25, -0.2) is 9.59 Å². The zero-order chi connectivity index (χ0) is 25.9. The van der Waals surface area contributed by atoms with E-state index in [0.717, 1.165) is 5.57 Å². The molecule has 188 valence electrons. The summed E-state index contributed by atoms with van der Waals surface area (Å²) < 4.78 is 17.2. The molecule has 0 radical (unpaired) electrons. The maximum atomic E-state index is 12.0. The Labute approximate surface area is 209 Å². The summed E-state index contributed by atoms with van der Waals surface area (Å²) in [6, 6.07) is 6.83. The molecule has 0 fully saturated rings. The van der Waals surface area contributed by atoms with Gasteiger partial charge in [-0.3, -0.25) is 4.79 Å². The van der Waals surface area contributed by atoms with Crippen LogP contribution < -0.4 is 5.32 Å². The summed E-state index contributed by atoms with van der Waals surface area (Å²) in [6.07, 6.45) is 9.78. The standard InChI is InChI=1S/C28H29NO7/c1-28(2,3)36-27(33)29-13-6-14-34-18-10-12-22-24(16-18)35-23-15-17(30)9-11-21(23)25(22)19-7-4-5-8-20(19)26(31)32/h4-5,7-12,15-16,22,24H,6,13-14H2,1-3H3,(H,29,33)(H,31,32). The van der Waals surface area contributed by atoms with Crippen LogP contribution in [0.25, 0.3) is 5.57 Å². The van der Waals surface area contributed by atoms with Gasteiger partial charge in [0.15, 0.2) is 5.78 Å². The number of benzene rings is 1. The molecule has 1 aliphatic heterocycles. The van der Waals surface area contributed by atoms with Crippen molar-refractivity contribution in [3.05, 3.63) is 88.9 Å². The van der Waals surface area contributed by atoms with Crippen molar-refractivity contribution in [1.29, 1.82) is 0 Å². The van der Waals surface area contributed by atoms with Crippen LogP contribution in [0.3, 0.4) is 0 Å². The fraction of sp³-hybridized carbons (Fsp3) is 0.321. The molecule has 4 rings (SSSR count). The summed E-state index contributed by atoms with van der Waals surface area (Å²) >= 11 is 0. The van der Waals surface area contributed by atoms with Gasteiger partial charge in [0.25, 0.3) is 0 Å². The third-order valence-electron chi connectivity index (χ3n) is 5.70. The lowest BCUT2D eigenvalue weighted by molar-refractivity contribution is -0.110. The van der Waals surface area contributed by atoms with Gasteiger partial charge in [0.05, 0.1) is 12.2 Å². The number of carboxylic acid groups (broad SMARTS) is 1. The van der Waals surface area contributed by atoms with E-state index in [2.05, 4.69) is 5.32 Å². The number of carbonyl (C=O) groups excluding carboxylic acids is 2. The first kappa shape index (κ1) is 25.0. The van der Waals surface area contributed by atoms with E-state index in [1.54, 1.807) is 51.1 Å². The molecular weight excluding hydrogens is 462 g/mol. The lowest BCUT2D eigenvalue weighted by atomic mass is 9.77. The number of rotatable bonds is 7. The largest absolute Gasteiger partial charge is 0.494 e. The number of fused-ring (bicyclic) bond motifs is 2. The van der Waals surface area contributed by atoms with Crippen molar-refractivity contribution < 1.29 is 33.7 Å².